The van der Waals surface area contributed by atoms with Gasteiger partial charge in [-0.15, -0.1) is 0 Å². The molecule has 0 saturated carbocycles. The van der Waals surface area contributed by atoms with Crippen molar-refractivity contribution in [2.45, 2.75) is 32.0 Å². The van der Waals surface area contributed by atoms with E-state index >= 15 is 0 Å². The molecular weight excluding hydrogens is 659 g/mol. The van der Waals surface area contributed by atoms with Crippen molar-refractivity contribution in [3.05, 3.63) is 98.6 Å². The van der Waals surface area contributed by atoms with Crippen molar-refractivity contribution >= 4 is 47.0 Å². The number of fused-ring (bicyclic) bond motifs is 1. The van der Waals surface area contributed by atoms with Crippen molar-refractivity contribution in [3.63, 3.8) is 0 Å². The van der Waals surface area contributed by atoms with Gasteiger partial charge in [-0.05, 0) is 52.9 Å². The third kappa shape index (κ3) is 6.70. The Morgan fingerprint density at radius 3 is 2.55 bits per heavy atom. The van der Waals surface area contributed by atoms with Crippen molar-refractivity contribution in [2.75, 3.05) is 13.1 Å². The van der Waals surface area contributed by atoms with Gasteiger partial charge < -0.3 is 15.1 Å². The predicted molar refractivity (Wildman–Crippen MR) is 165 cm³/mol. The van der Waals surface area contributed by atoms with Crippen LogP contribution in [0.2, 0.25) is 10.2 Å². The van der Waals surface area contributed by atoms with Crippen LogP contribution in [0.3, 0.4) is 0 Å². The topological polar surface area (TPSA) is 142 Å². The summed E-state index contributed by atoms with van der Waals surface area (Å²) in [6, 6.07) is 9.01. The normalized spacial score (nSPS) is 15.2. The molecule has 0 spiro atoms. The summed E-state index contributed by atoms with van der Waals surface area (Å²) in [5, 5.41) is 15.2. The van der Waals surface area contributed by atoms with Crippen LogP contribution in [-0.2, 0) is 31.4 Å². The second-order valence-electron chi connectivity index (χ2n) is 11.1. The zero-order valence-corrected chi connectivity index (χ0v) is 26.3. The molecule has 2 aliphatic heterocycles. The number of aryl methyl sites for hydroxylation is 1. The van der Waals surface area contributed by atoms with Crippen molar-refractivity contribution < 1.29 is 32.4 Å². The first kappa shape index (κ1) is 32.2. The molecule has 4 heterocycles. The van der Waals surface area contributed by atoms with Crippen molar-refractivity contribution in [1.29, 1.82) is 0 Å². The van der Waals surface area contributed by atoms with E-state index in [1.807, 2.05) is 6.07 Å². The highest BCUT2D eigenvalue weighted by Gasteiger charge is 2.37. The monoisotopic (exact) mass is 685 g/mol. The number of benzene rings is 2. The second-order valence-corrected chi connectivity index (χ2v) is 11.8. The second kappa shape index (κ2) is 13.1. The number of amides is 5. The van der Waals surface area contributed by atoms with E-state index in [9.17, 15) is 28.0 Å². The first-order valence-electron chi connectivity index (χ1n) is 14.5. The molecule has 0 aliphatic carbocycles. The van der Waals surface area contributed by atoms with E-state index in [-0.39, 0.29) is 49.4 Å². The summed E-state index contributed by atoms with van der Waals surface area (Å²) in [6.07, 6.45) is 1.68. The largest absolute Gasteiger partial charge is 0.439 e. The summed E-state index contributed by atoms with van der Waals surface area (Å²) in [5.74, 6) is -3.41. The molecule has 0 radical (unpaired) electrons. The van der Waals surface area contributed by atoms with E-state index in [1.54, 1.807) is 19.2 Å². The van der Waals surface area contributed by atoms with Crippen LogP contribution < -0.4 is 16.0 Å². The lowest BCUT2D eigenvalue weighted by molar-refractivity contribution is -0.123. The van der Waals surface area contributed by atoms with Gasteiger partial charge in [-0.2, -0.15) is 5.10 Å². The van der Waals surface area contributed by atoms with Crippen LogP contribution in [0.4, 0.5) is 13.6 Å². The molecule has 47 heavy (non-hydrogen) atoms. The van der Waals surface area contributed by atoms with Crippen LogP contribution in [0.5, 0.6) is 0 Å². The number of furan rings is 1. The van der Waals surface area contributed by atoms with Crippen molar-refractivity contribution in [3.8, 4) is 11.3 Å². The maximum atomic E-state index is 14.0. The van der Waals surface area contributed by atoms with E-state index in [0.29, 0.717) is 39.5 Å². The van der Waals surface area contributed by atoms with Gasteiger partial charge in [0.1, 0.15) is 0 Å². The number of urea groups is 1. The Hall–Kier alpha value is -4.79. The molecule has 3 N–H and O–H groups in total. The molecule has 4 aromatic rings. The average molecular weight is 687 g/mol. The number of halogens is 4. The highest BCUT2D eigenvalue weighted by molar-refractivity contribution is 6.35. The summed E-state index contributed by atoms with van der Waals surface area (Å²) >= 11 is 12.5. The van der Waals surface area contributed by atoms with Crippen LogP contribution in [0.1, 0.15) is 44.0 Å². The Kier molecular flexibility index (Phi) is 8.99. The van der Waals surface area contributed by atoms with Crippen LogP contribution in [0, 0.1) is 11.6 Å². The summed E-state index contributed by atoms with van der Waals surface area (Å²) in [4.78, 5) is 50.1. The number of hydrazine groups is 1. The first-order chi connectivity index (χ1) is 22.5. The Balaban J connectivity index is 1.14. The molecule has 1 fully saturated rings. The Labute approximate surface area is 276 Å². The van der Waals surface area contributed by atoms with Crippen LogP contribution in [-0.4, -0.2) is 62.7 Å². The van der Waals surface area contributed by atoms with E-state index in [0.717, 1.165) is 17.7 Å². The maximum absolute atomic E-state index is 14.0. The molecule has 244 valence electrons. The average Bonchev–Trinajstić information content (AvgIpc) is 3.68. The van der Waals surface area contributed by atoms with E-state index in [2.05, 4.69) is 21.0 Å². The Morgan fingerprint density at radius 2 is 1.83 bits per heavy atom. The molecule has 2 aliphatic rings. The lowest BCUT2D eigenvalue weighted by Gasteiger charge is -2.33. The van der Waals surface area contributed by atoms with Crippen LogP contribution in [0.25, 0.3) is 11.3 Å². The van der Waals surface area contributed by atoms with Crippen molar-refractivity contribution in [1.82, 2.24) is 35.7 Å². The fraction of sp³-hybridized carbons (Fsp3) is 0.258. The molecule has 0 bridgehead atoms. The highest BCUT2D eigenvalue weighted by Crippen LogP contribution is 2.35. The number of hydrogen-bond donors (Lipinski definition) is 3. The molecule has 2 aromatic carbocycles. The van der Waals surface area contributed by atoms with Crippen LogP contribution >= 0.6 is 23.2 Å². The molecule has 1 atom stereocenters. The fourth-order valence-electron chi connectivity index (χ4n) is 5.58. The number of nitrogens with one attached hydrogen (secondary N) is 3. The van der Waals surface area contributed by atoms with E-state index in [4.69, 9.17) is 27.6 Å². The number of carbonyl (C=O) groups is 4. The van der Waals surface area contributed by atoms with Gasteiger partial charge in [0, 0.05) is 44.2 Å². The molecule has 5 amide bonds. The molecule has 2 aromatic heterocycles. The Bertz CT molecular complexity index is 1890. The van der Waals surface area contributed by atoms with Gasteiger partial charge in [0.25, 0.3) is 11.8 Å². The summed E-state index contributed by atoms with van der Waals surface area (Å²) in [5.41, 5.74) is 3.28. The molecule has 0 unspecified atom stereocenters. The van der Waals surface area contributed by atoms with Gasteiger partial charge in [-0.3, -0.25) is 24.4 Å². The number of carbonyl (C=O) groups excluding carboxylic acids is 4. The zero-order chi connectivity index (χ0) is 33.4. The van der Waals surface area contributed by atoms with E-state index in [1.165, 1.54) is 33.0 Å². The lowest BCUT2D eigenvalue weighted by atomic mass is 10.0. The van der Waals surface area contributed by atoms with Gasteiger partial charge in [0.05, 0.1) is 35.6 Å². The molecule has 12 nitrogen and oxygen atoms in total. The number of aromatic nitrogens is 2. The predicted octanol–water partition coefficient (Wildman–Crippen LogP) is 4.21. The van der Waals surface area contributed by atoms with Gasteiger partial charge in [-0.1, -0.05) is 29.8 Å². The summed E-state index contributed by atoms with van der Waals surface area (Å²) in [6.45, 7) is 0.812. The lowest BCUT2D eigenvalue weighted by Crippen LogP contribution is -2.56. The molecule has 16 heteroatoms. The quantitative estimate of drug-likeness (QED) is 0.227. The Morgan fingerprint density at radius 1 is 1.04 bits per heavy atom. The number of imide groups is 1. The minimum absolute atomic E-state index is 0.0565. The van der Waals surface area contributed by atoms with E-state index < -0.39 is 35.5 Å². The SMILES string of the molecule is Cn1ncc(Cl)c1-c1cc(C(=O)N[C@H](CNCc2ccc3c(c2)CN(N2CCC(=O)NC2=O)C3=O)Cc2ccc(F)c(F)c2)oc1Cl. The number of nitrogens with zero attached hydrogens (tertiary/aromatic N) is 4. The van der Waals surface area contributed by atoms with Gasteiger partial charge in [0.2, 0.25) is 11.1 Å². The van der Waals surface area contributed by atoms with Crippen LogP contribution in [0.15, 0.2) is 53.1 Å². The van der Waals surface area contributed by atoms with Gasteiger partial charge >= 0.3 is 6.03 Å². The number of rotatable bonds is 10. The third-order valence-electron chi connectivity index (χ3n) is 7.86. The number of hydrogen-bond acceptors (Lipinski definition) is 7. The zero-order valence-electron chi connectivity index (χ0n) is 24.8. The first-order valence-corrected chi connectivity index (χ1v) is 15.2. The highest BCUT2D eigenvalue weighted by atomic mass is 35.5. The molecule has 1 saturated heterocycles. The summed E-state index contributed by atoms with van der Waals surface area (Å²) in [7, 11) is 1.67. The third-order valence-corrected chi connectivity index (χ3v) is 8.42. The minimum atomic E-state index is -1.01. The maximum Gasteiger partial charge on any atom is 0.342 e. The van der Waals surface area contributed by atoms with Gasteiger partial charge in [0.15, 0.2) is 17.4 Å². The standard InChI is InChI=1S/C31H27Cl2F2N7O5/c1-40-27(22(32)14-37-40)21-11-25(47-28(21)33)29(44)38-19(9-16-3-5-23(34)24(35)10-16)13-36-12-17-2-4-20-18(8-17)15-42(30(20)45)41-7-6-26(43)39-31(41)46/h2-5,8,10-11,14,19,36H,6-7,9,12-13,15H2,1H3,(H,38,44)(H,39,43,46)/t19-/m0/s1. The van der Waals surface area contributed by atoms with Crippen molar-refractivity contribution in [2.24, 2.45) is 7.05 Å². The summed E-state index contributed by atoms with van der Waals surface area (Å²) < 4.78 is 34.6. The molecule has 6 rings (SSSR count). The fourth-order valence-corrected chi connectivity index (χ4v) is 6.07. The van der Waals surface area contributed by atoms with Gasteiger partial charge in [-0.25, -0.2) is 23.6 Å². The minimum Gasteiger partial charge on any atom is -0.439 e. The smallest absolute Gasteiger partial charge is 0.342 e. The molecular formula is C31H27Cl2F2N7O5.